The van der Waals surface area contributed by atoms with Crippen molar-refractivity contribution in [2.45, 2.75) is 32.1 Å². The Morgan fingerprint density at radius 3 is 3.05 bits per heavy atom. The van der Waals surface area contributed by atoms with E-state index < -0.39 is 0 Å². The van der Waals surface area contributed by atoms with Crippen LogP contribution in [0.25, 0.3) is 0 Å². The summed E-state index contributed by atoms with van der Waals surface area (Å²) in [7, 11) is 0. The Morgan fingerprint density at radius 1 is 1.37 bits per heavy atom. The molecule has 1 aromatic heterocycles. The van der Waals surface area contributed by atoms with Crippen LogP contribution in [0.3, 0.4) is 0 Å². The zero-order chi connectivity index (χ0) is 13.1. The van der Waals surface area contributed by atoms with Gasteiger partial charge >= 0.3 is 0 Å². The summed E-state index contributed by atoms with van der Waals surface area (Å²) in [5, 5.41) is 0. The number of furan rings is 1. The van der Waals surface area contributed by atoms with Gasteiger partial charge in [-0.2, -0.15) is 0 Å². The smallest absolute Gasteiger partial charge is 0.222 e. The summed E-state index contributed by atoms with van der Waals surface area (Å²) < 4.78 is 10.9. The molecule has 2 saturated heterocycles. The van der Waals surface area contributed by atoms with Gasteiger partial charge < -0.3 is 14.1 Å². The quantitative estimate of drug-likeness (QED) is 0.836. The van der Waals surface area contributed by atoms with Gasteiger partial charge in [-0.05, 0) is 31.4 Å². The predicted molar refractivity (Wildman–Crippen MR) is 70.7 cm³/mol. The molecule has 0 N–H and O–H groups in total. The van der Waals surface area contributed by atoms with E-state index in [2.05, 4.69) is 0 Å². The zero-order valence-corrected chi connectivity index (χ0v) is 11.3. The number of ether oxygens (including phenoxy) is 1. The van der Waals surface area contributed by atoms with E-state index in [1.807, 2.05) is 17.0 Å². The molecule has 0 aromatic carbocycles. The van der Waals surface area contributed by atoms with Gasteiger partial charge in [0.05, 0.1) is 12.9 Å². The average Bonchev–Trinajstić information content (AvgIpc) is 3.06. The summed E-state index contributed by atoms with van der Waals surface area (Å²) in [5.41, 5.74) is 0.249. The molecule has 104 valence electrons. The van der Waals surface area contributed by atoms with Crippen molar-refractivity contribution in [2.24, 2.45) is 5.41 Å². The lowest BCUT2D eigenvalue weighted by molar-refractivity contribution is -0.137. The molecule has 2 aliphatic rings. The van der Waals surface area contributed by atoms with Gasteiger partial charge in [0.1, 0.15) is 5.76 Å². The van der Waals surface area contributed by atoms with E-state index in [1.54, 1.807) is 6.26 Å². The largest absolute Gasteiger partial charge is 0.469 e. The molecule has 0 radical (unpaired) electrons. The third-order valence-corrected chi connectivity index (χ3v) is 4.36. The highest BCUT2D eigenvalue weighted by Gasteiger charge is 2.41. The topological polar surface area (TPSA) is 42.7 Å². The van der Waals surface area contributed by atoms with Crippen molar-refractivity contribution in [1.82, 2.24) is 4.90 Å². The van der Waals surface area contributed by atoms with Crippen molar-refractivity contribution in [1.29, 1.82) is 0 Å². The second-order valence-corrected chi connectivity index (χ2v) is 5.80. The summed E-state index contributed by atoms with van der Waals surface area (Å²) in [6.45, 7) is 3.40. The molecule has 0 saturated carbocycles. The maximum absolute atomic E-state index is 12.0. The van der Waals surface area contributed by atoms with Gasteiger partial charge in [-0.1, -0.05) is 0 Å². The lowest BCUT2D eigenvalue weighted by Gasteiger charge is -2.39. The Labute approximate surface area is 113 Å². The Hall–Kier alpha value is -1.29. The van der Waals surface area contributed by atoms with Crippen LogP contribution < -0.4 is 0 Å². The third kappa shape index (κ3) is 2.84. The summed E-state index contributed by atoms with van der Waals surface area (Å²) in [6.07, 6.45) is 6.36. The Kier molecular flexibility index (Phi) is 3.60. The first-order chi connectivity index (χ1) is 9.27. The second-order valence-electron chi connectivity index (χ2n) is 5.80. The number of carbonyl (C=O) groups excluding carboxylic acids is 1. The molecule has 1 aromatic rings. The van der Waals surface area contributed by atoms with Gasteiger partial charge in [-0.25, -0.2) is 0 Å². The molecular formula is C15H21NO3. The van der Waals surface area contributed by atoms with Crippen LogP contribution in [0.15, 0.2) is 22.8 Å². The number of carbonyl (C=O) groups is 1. The monoisotopic (exact) mass is 263 g/mol. The minimum absolute atomic E-state index is 0.249. The van der Waals surface area contributed by atoms with E-state index in [9.17, 15) is 4.79 Å². The summed E-state index contributed by atoms with van der Waals surface area (Å²) >= 11 is 0. The maximum atomic E-state index is 12.0. The van der Waals surface area contributed by atoms with Crippen LogP contribution >= 0.6 is 0 Å². The number of rotatable bonds is 4. The molecule has 2 aliphatic heterocycles. The van der Waals surface area contributed by atoms with Crippen molar-refractivity contribution in [3.05, 3.63) is 24.2 Å². The third-order valence-electron chi connectivity index (χ3n) is 4.36. The van der Waals surface area contributed by atoms with Crippen LogP contribution in [0.1, 0.15) is 31.4 Å². The van der Waals surface area contributed by atoms with Crippen LogP contribution in [-0.2, 0) is 16.0 Å². The Bertz CT molecular complexity index is 421. The number of nitrogens with zero attached hydrogens (tertiary/aromatic N) is 1. The van der Waals surface area contributed by atoms with E-state index >= 15 is 0 Å². The fraction of sp³-hybridized carbons (Fsp3) is 0.667. The van der Waals surface area contributed by atoms with E-state index in [-0.39, 0.29) is 5.41 Å². The summed E-state index contributed by atoms with van der Waals surface area (Å²) in [6, 6.07) is 3.90. The van der Waals surface area contributed by atoms with Crippen molar-refractivity contribution in [2.75, 3.05) is 26.3 Å². The second kappa shape index (κ2) is 5.37. The number of likely N-dealkylation sites (tertiary alicyclic amines) is 1. The van der Waals surface area contributed by atoms with E-state index in [0.717, 1.165) is 57.7 Å². The van der Waals surface area contributed by atoms with Gasteiger partial charge in [-0.3, -0.25) is 4.79 Å². The fourth-order valence-electron chi connectivity index (χ4n) is 3.18. The molecule has 1 atom stereocenters. The normalized spacial score (nSPS) is 27.4. The predicted octanol–water partition coefficient (Wildman–Crippen LogP) is 2.24. The molecule has 3 rings (SSSR count). The van der Waals surface area contributed by atoms with Crippen molar-refractivity contribution in [3.63, 3.8) is 0 Å². The van der Waals surface area contributed by atoms with E-state index in [4.69, 9.17) is 9.15 Å². The van der Waals surface area contributed by atoms with Crippen molar-refractivity contribution >= 4 is 5.91 Å². The van der Waals surface area contributed by atoms with Crippen LogP contribution in [0, 0.1) is 5.41 Å². The van der Waals surface area contributed by atoms with Crippen molar-refractivity contribution in [3.8, 4) is 0 Å². The molecule has 1 spiro atoms. The first kappa shape index (κ1) is 12.7. The van der Waals surface area contributed by atoms with Crippen LogP contribution in [0.2, 0.25) is 0 Å². The van der Waals surface area contributed by atoms with E-state index in [1.165, 1.54) is 0 Å². The number of hydrogen-bond donors (Lipinski definition) is 0. The molecule has 0 bridgehead atoms. The Balaban J connectivity index is 1.52. The average molecular weight is 263 g/mol. The fourth-order valence-corrected chi connectivity index (χ4v) is 3.18. The zero-order valence-electron chi connectivity index (χ0n) is 11.3. The minimum atomic E-state index is 0.249. The highest BCUT2D eigenvalue weighted by atomic mass is 16.5. The Morgan fingerprint density at radius 2 is 2.32 bits per heavy atom. The number of hydrogen-bond acceptors (Lipinski definition) is 3. The molecule has 19 heavy (non-hydrogen) atoms. The first-order valence-corrected chi connectivity index (χ1v) is 7.15. The maximum Gasteiger partial charge on any atom is 0.222 e. The molecule has 1 amide bonds. The number of amides is 1. The van der Waals surface area contributed by atoms with Crippen molar-refractivity contribution < 1.29 is 13.9 Å². The summed E-state index contributed by atoms with van der Waals surface area (Å²) in [5.74, 6) is 1.31. The van der Waals surface area contributed by atoms with Gasteiger partial charge in [0.2, 0.25) is 5.91 Å². The highest BCUT2D eigenvalue weighted by molar-refractivity contribution is 5.77. The number of piperidine rings is 1. The standard InChI is InChI=1S/C15H21NO3/c17-14-5-6-15(7-10-18-12-15)11-16(14)8-1-3-13-4-2-9-19-13/h2,4,9H,1,3,5-8,10-12H2. The molecule has 4 heteroatoms. The molecule has 0 aliphatic carbocycles. The lowest BCUT2D eigenvalue weighted by Crippen LogP contribution is -2.47. The van der Waals surface area contributed by atoms with Crippen LogP contribution in [0.4, 0.5) is 0 Å². The lowest BCUT2D eigenvalue weighted by atomic mass is 9.79. The highest BCUT2D eigenvalue weighted by Crippen LogP contribution is 2.38. The molecule has 3 heterocycles. The first-order valence-electron chi connectivity index (χ1n) is 7.15. The van der Waals surface area contributed by atoms with Crippen LogP contribution in [-0.4, -0.2) is 37.1 Å². The van der Waals surface area contributed by atoms with Gasteiger partial charge in [-0.15, -0.1) is 0 Å². The molecular weight excluding hydrogens is 242 g/mol. The van der Waals surface area contributed by atoms with E-state index in [0.29, 0.717) is 12.3 Å². The summed E-state index contributed by atoms with van der Waals surface area (Å²) in [4.78, 5) is 14.0. The SMILES string of the molecule is O=C1CCC2(CCOC2)CN1CCCc1ccco1. The van der Waals surface area contributed by atoms with Gasteiger partial charge in [0.15, 0.2) is 0 Å². The number of aryl methyl sites for hydroxylation is 1. The molecule has 1 unspecified atom stereocenters. The molecule has 4 nitrogen and oxygen atoms in total. The van der Waals surface area contributed by atoms with Crippen LogP contribution in [0.5, 0.6) is 0 Å². The van der Waals surface area contributed by atoms with Gasteiger partial charge in [0, 0.05) is 38.0 Å². The van der Waals surface area contributed by atoms with Gasteiger partial charge in [0.25, 0.3) is 0 Å². The molecule has 2 fully saturated rings. The minimum Gasteiger partial charge on any atom is -0.469 e.